The van der Waals surface area contributed by atoms with Gasteiger partial charge in [-0.2, -0.15) is 0 Å². The molecule has 0 bridgehead atoms. The van der Waals surface area contributed by atoms with Crippen LogP contribution in [0, 0.1) is 6.92 Å². The van der Waals surface area contributed by atoms with Crippen LogP contribution < -0.4 is 10.1 Å². The lowest BCUT2D eigenvalue weighted by Gasteiger charge is -2.22. The van der Waals surface area contributed by atoms with Crippen LogP contribution in [-0.4, -0.2) is 32.4 Å². The summed E-state index contributed by atoms with van der Waals surface area (Å²) in [4.78, 5) is 12.5. The summed E-state index contributed by atoms with van der Waals surface area (Å²) in [6.45, 7) is 3.59. The van der Waals surface area contributed by atoms with Crippen LogP contribution in [0.5, 0.6) is 5.75 Å². The average Bonchev–Trinajstić information content (AvgIpc) is 2.56. The van der Waals surface area contributed by atoms with E-state index < -0.39 is 22.0 Å². The SMILES string of the molecule is Cc1ccc(OC(C)C(=O)NC(CS(C)(=O)=O)c2ccccc2)c(Br)c1. The summed E-state index contributed by atoms with van der Waals surface area (Å²) >= 11 is 3.42. The Morgan fingerprint density at radius 3 is 2.42 bits per heavy atom. The van der Waals surface area contributed by atoms with Gasteiger partial charge in [-0.15, -0.1) is 0 Å². The number of carbonyl (C=O) groups excluding carboxylic acids is 1. The molecule has 2 unspecified atom stereocenters. The minimum atomic E-state index is -3.28. The van der Waals surface area contributed by atoms with Crippen molar-refractivity contribution in [3.8, 4) is 5.75 Å². The molecule has 140 valence electrons. The van der Waals surface area contributed by atoms with Gasteiger partial charge in [-0.25, -0.2) is 8.42 Å². The molecule has 0 aromatic heterocycles. The zero-order valence-electron chi connectivity index (χ0n) is 14.9. The van der Waals surface area contributed by atoms with E-state index in [1.807, 2.05) is 25.1 Å². The molecule has 1 amide bonds. The molecule has 0 fully saturated rings. The lowest BCUT2D eigenvalue weighted by atomic mass is 10.1. The van der Waals surface area contributed by atoms with Crippen LogP contribution in [0.3, 0.4) is 0 Å². The number of rotatable bonds is 7. The van der Waals surface area contributed by atoms with Crippen LogP contribution >= 0.6 is 15.9 Å². The van der Waals surface area contributed by atoms with Gasteiger partial charge in [-0.05, 0) is 53.0 Å². The Morgan fingerprint density at radius 1 is 1.19 bits per heavy atom. The molecular formula is C19H22BrNO4S. The first-order valence-electron chi connectivity index (χ1n) is 8.11. The van der Waals surface area contributed by atoms with E-state index in [1.165, 1.54) is 0 Å². The summed E-state index contributed by atoms with van der Waals surface area (Å²) < 4.78 is 30.0. The summed E-state index contributed by atoms with van der Waals surface area (Å²) in [6.07, 6.45) is 0.373. The molecule has 0 saturated heterocycles. The van der Waals surface area contributed by atoms with E-state index in [2.05, 4.69) is 21.2 Å². The molecule has 0 aliphatic heterocycles. The van der Waals surface area contributed by atoms with Gasteiger partial charge in [0.05, 0.1) is 16.3 Å². The topological polar surface area (TPSA) is 72.5 Å². The number of ether oxygens (including phenoxy) is 1. The Labute approximate surface area is 162 Å². The largest absolute Gasteiger partial charge is 0.480 e. The Bertz CT molecular complexity index is 868. The molecule has 2 aromatic carbocycles. The Kier molecular flexibility index (Phi) is 6.83. The maximum absolute atomic E-state index is 12.5. The van der Waals surface area contributed by atoms with Crippen LogP contribution in [0.15, 0.2) is 53.0 Å². The predicted molar refractivity (Wildman–Crippen MR) is 106 cm³/mol. The van der Waals surface area contributed by atoms with Crippen molar-refractivity contribution in [2.75, 3.05) is 12.0 Å². The number of amides is 1. The van der Waals surface area contributed by atoms with Crippen molar-refractivity contribution < 1.29 is 17.9 Å². The maximum Gasteiger partial charge on any atom is 0.261 e. The fraction of sp³-hybridized carbons (Fsp3) is 0.316. The van der Waals surface area contributed by atoms with Gasteiger partial charge in [0, 0.05) is 6.26 Å². The second kappa shape index (κ2) is 8.68. The van der Waals surface area contributed by atoms with Crippen LogP contribution in [0.4, 0.5) is 0 Å². The lowest BCUT2D eigenvalue weighted by Crippen LogP contribution is -2.40. The first-order valence-corrected chi connectivity index (χ1v) is 11.0. The maximum atomic E-state index is 12.5. The number of carbonyl (C=O) groups is 1. The molecule has 0 heterocycles. The second-order valence-corrected chi connectivity index (χ2v) is 9.30. The van der Waals surface area contributed by atoms with Gasteiger partial charge in [0.15, 0.2) is 6.10 Å². The fourth-order valence-electron chi connectivity index (χ4n) is 2.44. The highest BCUT2D eigenvalue weighted by molar-refractivity contribution is 9.10. The van der Waals surface area contributed by atoms with E-state index >= 15 is 0 Å². The van der Waals surface area contributed by atoms with Crippen molar-refractivity contribution in [1.29, 1.82) is 0 Å². The van der Waals surface area contributed by atoms with Gasteiger partial charge < -0.3 is 10.1 Å². The van der Waals surface area contributed by atoms with Crippen LogP contribution in [0.1, 0.15) is 24.1 Å². The number of hydrogen-bond donors (Lipinski definition) is 1. The highest BCUT2D eigenvalue weighted by Crippen LogP contribution is 2.27. The summed E-state index contributed by atoms with van der Waals surface area (Å²) in [6, 6.07) is 14.0. The standard InChI is InChI=1S/C19H22BrNO4S/c1-13-9-10-18(16(20)11-13)25-14(2)19(22)21-17(12-26(3,23)24)15-7-5-4-6-8-15/h4-11,14,17H,12H2,1-3H3,(H,21,22). The van der Waals surface area contributed by atoms with Gasteiger partial charge in [0.25, 0.3) is 5.91 Å². The summed E-state index contributed by atoms with van der Waals surface area (Å²) in [7, 11) is -3.28. The first-order chi connectivity index (χ1) is 12.2. The first kappa shape index (κ1) is 20.5. The van der Waals surface area contributed by atoms with Crippen molar-refractivity contribution in [3.63, 3.8) is 0 Å². The Balaban J connectivity index is 2.12. The van der Waals surface area contributed by atoms with E-state index in [0.717, 1.165) is 21.9 Å². The molecular weight excluding hydrogens is 418 g/mol. The quantitative estimate of drug-likeness (QED) is 0.716. The molecule has 0 radical (unpaired) electrons. The van der Waals surface area contributed by atoms with Crippen molar-refractivity contribution >= 4 is 31.7 Å². The molecule has 7 heteroatoms. The minimum Gasteiger partial charge on any atom is -0.480 e. The summed E-state index contributed by atoms with van der Waals surface area (Å²) in [5, 5.41) is 2.78. The summed E-state index contributed by atoms with van der Waals surface area (Å²) in [5.41, 5.74) is 1.80. The number of halogens is 1. The van der Waals surface area contributed by atoms with E-state index in [9.17, 15) is 13.2 Å². The Hall–Kier alpha value is -1.86. The molecule has 2 aromatic rings. The van der Waals surface area contributed by atoms with E-state index in [1.54, 1.807) is 37.3 Å². The van der Waals surface area contributed by atoms with Gasteiger partial charge in [0.1, 0.15) is 15.6 Å². The van der Waals surface area contributed by atoms with E-state index in [4.69, 9.17) is 4.74 Å². The van der Waals surface area contributed by atoms with Gasteiger partial charge in [-0.3, -0.25) is 4.79 Å². The minimum absolute atomic E-state index is 0.177. The Morgan fingerprint density at radius 2 is 1.85 bits per heavy atom. The van der Waals surface area contributed by atoms with Crippen LogP contribution in [0.2, 0.25) is 0 Å². The third-order valence-corrected chi connectivity index (χ3v) is 5.31. The number of sulfone groups is 1. The number of benzene rings is 2. The zero-order chi connectivity index (χ0) is 19.3. The normalized spacial score (nSPS) is 13.7. The lowest BCUT2D eigenvalue weighted by molar-refractivity contribution is -0.127. The second-order valence-electron chi connectivity index (χ2n) is 6.26. The molecule has 2 rings (SSSR count). The third-order valence-electron chi connectivity index (χ3n) is 3.75. The molecule has 2 atom stereocenters. The smallest absolute Gasteiger partial charge is 0.261 e. The van der Waals surface area contributed by atoms with Crippen molar-refractivity contribution in [3.05, 3.63) is 64.1 Å². The zero-order valence-corrected chi connectivity index (χ0v) is 17.3. The molecule has 0 spiro atoms. The highest BCUT2D eigenvalue weighted by Gasteiger charge is 2.23. The van der Waals surface area contributed by atoms with Gasteiger partial charge in [-0.1, -0.05) is 36.4 Å². The third kappa shape index (κ3) is 6.14. The molecule has 5 nitrogen and oxygen atoms in total. The number of hydrogen-bond acceptors (Lipinski definition) is 4. The molecule has 0 aliphatic carbocycles. The van der Waals surface area contributed by atoms with E-state index in [0.29, 0.717) is 5.75 Å². The van der Waals surface area contributed by atoms with Crippen molar-refractivity contribution in [2.24, 2.45) is 0 Å². The number of nitrogens with one attached hydrogen (secondary N) is 1. The van der Waals surface area contributed by atoms with Gasteiger partial charge >= 0.3 is 0 Å². The highest BCUT2D eigenvalue weighted by atomic mass is 79.9. The molecule has 0 aliphatic rings. The van der Waals surface area contributed by atoms with Crippen LogP contribution in [-0.2, 0) is 14.6 Å². The molecule has 0 saturated carbocycles. The summed E-state index contributed by atoms with van der Waals surface area (Å²) in [5.74, 6) is -0.00318. The average molecular weight is 440 g/mol. The van der Waals surface area contributed by atoms with E-state index in [-0.39, 0.29) is 11.7 Å². The van der Waals surface area contributed by atoms with Crippen LogP contribution in [0.25, 0.3) is 0 Å². The van der Waals surface area contributed by atoms with Crippen molar-refractivity contribution in [1.82, 2.24) is 5.32 Å². The molecule has 1 N–H and O–H groups in total. The number of aryl methyl sites for hydroxylation is 1. The monoisotopic (exact) mass is 439 g/mol. The molecule has 26 heavy (non-hydrogen) atoms. The predicted octanol–water partition coefficient (Wildman–Crippen LogP) is 3.43. The van der Waals surface area contributed by atoms with Crippen molar-refractivity contribution in [2.45, 2.75) is 26.0 Å². The van der Waals surface area contributed by atoms with Gasteiger partial charge in [0.2, 0.25) is 0 Å². The fourth-order valence-corrected chi connectivity index (χ4v) is 3.91.